The first-order valence-electron chi connectivity index (χ1n) is 8.75. The van der Waals surface area contributed by atoms with E-state index in [4.69, 9.17) is 9.97 Å². The van der Waals surface area contributed by atoms with Gasteiger partial charge in [0.05, 0.1) is 11.0 Å². The molecular formula is C18H25N5. The molecule has 1 saturated heterocycles. The summed E-state index contributed by atoms with van der Waals surface area (Å²) < 4.78 is 0. The number of hydrogen-bond donors (Lipinski definition) is 2. The van der Waals surface area contributed by atoms with Gasteiger partial charge in [0, 0.05) is 19.6 Å². The summed E-state index contributed by atoms with van der Waals surface area (Å²) in [6, 6.07) is 8.71. The highest BCUT2D eigenvalue weighted by atomic mass is 15.2. The molecule has 4 rings (SSSR count). The summed E-state index contributed by atoms with van der Waals surface area (Å²) in [5.74, 6) is 2.62. The second kappa shape index (κ2) is 6.32. The van der Waals surface area contributed by atoms with Crippen LogP contribution in [0, 0.1) is 5.92 Å². The summed E-state index contributed by atoms with van der Waals surface area (Å²) in [5.41, 5.74) is 1.93. The number of para-hydroxylation sites is 2. The van der Waals surface area contributed by atoms with E-state index in [-0.39, 0.29) is 0 Å². The van der Waals surface area contributed by atoms with E-state index in [0.29, 0.717) is 12.0 Å². The predicted molar refractivity (Wildman–Crippen MR) is 95.0 cm³/mol. The van der Waals surface area contributed by atoms with Crippen LogP contribution in [0.4, 0.5) is 11.6 Å². The molecule has 0 spiro atoms. The van der Waals surface area contributed by atoms with E-state index in [9.17, 15) is 0 Å². The fourth-order valence-electron chi connectivity index (χ4n) is 3.33. The molecule has 2 N–H and O–H groups in total. The van der Waals surface area contributed by atoms with Crippen LogP contribution in [0.25, 0.3) is 11.0 Å². The van der Waals surface area contributed by atoms with Crippen LogP contribution in [0.2, 0.25) is 0 Å². The molecule has 2 aromatic rings. The van der Waals surface area contributed by atoms with Crippen LogP contribution in [0.3, 0.4) is 0 Å². The standard InChI is InChI=1S/C18H25N5/c1-23(12-13-5-4-10-19-11-13)18-17(20-14-8-9-14)21-15-6-2-3-7-16(15)22-18/h2-3,6-7,13-14,19H,4-5,8-12H2,1H3,(H,20,21). The Morgan fingerprint density at radius 1 is 1.17 bits per heavy atom. The van der Waals surface area contributed by atoms with Gasteiger partial charge in [0.2, 0.25) is 0 Å². The third-order valence-corrected chi connectivity index (χ3v) is 4.76. The monoisotopic (exact) mass is 311 g/mol. The SMILES string of the molecule is CN(CC1CCCNC1)c1nc2ccccc2nc1NC1CC1. The molecule has 1 unspecified atom stereocenters. The Kier molecular flexibility index (Phi) is 4.04. The normalized spacial score (nSPS) is 21.3. The molecule has 0 amide bonds. The van der Waals surface area contributed by atoms with Gasteiger partial charge in [-0.1, -0.05) is 12.1 Å². The van der Waals surface area contributed by atoms with Crippen LogP contribution in [-0.2, 0) is 0 Å². The molecule has 23 heavy (non-hydrogen) atoms. The summed E-state index contributed by atoms with van der Waals surface area (Å²) in [6.07, 6.45) is 5.05. The van der Waals surface area contributed by atoms with Gasteiger partial charge in [-0.05, 0) is 56.8 Å². The summed E-state index contributed by atoms with van der Waals surface area (Å²) >= 11 is 0. The highest BCUT2D eigenvalue weighted by molar-refractivity contribution is 5.80. The first kappa shape index (κ1) is 14.7. The largest absolute Gasteiger partial charge is 0.364 e. The Labute approximate surface area is 137 Å². The first-order valence-corrected chi connectivity index (χ1v) is 8.75. The topological polar surface area (TPSA) is 53.1 Å². The van der Waals surface area contributed by atoms with Crippen molar-refractivity contribution in [1.82, 2.24) is 15.3 Å². The fraction of sp³-hybridized carbons (Fsp3) is 0.556. The Morgan fingerprint density at radius 2 is 1.96 bits per heavy atom. The van der Waals surface area contributed by atoms with Crippen LogP contribution < -0.4 is 15.5 Å². The second-order valence-electron chi connectivity index (χ2n) is 6.90. The van der Waals surface area contributed by atoms with Gasteiger partial charge in [-0.3, -0.25) is 0 Å². The summed E-state index contributed by atoms with van der Waals surface area (Å²) in [6.45, 7) is 3.29. The van der Waals surface area contributed by atoms with E-state index in [1.807, 2.05) is 24.3 Å². The van der Waals surface area contributed by atoms with E-state index in [0.717, 1.165) is 42.3 Å². The van der Waals surface area contributed by atoms with Gasteiger partial charge in [0.15, 0.2) is 11.6 Å². The highest BCUT2D eigenvalue weighted by Crippen LogP contribution is 2.30. The van der Waals surface area contributed by atoms with Gasteiger partial charge in [0.25, 0.3) is 0 Å². The highest BCUT2D eigenvalue weighted by Gasteiger charge is 2.25. The van der Waals surface area contributed by atoms with Crippen LogP contribution in [0.5, 0.6) is 0 Å². The second-order valence-corrected chi connectivity index (χ2v) is 6.90. The van der Waals surface area contributed by atoms with Crippen LogP contribution in [0.1, 0.15) is 25.7 Å². The lowest BCUT2D eigenvalue weighted by Gasteiger charge is -2.29. The molecule has 1 aromatic carbocycles. The number of fused-ring (bicyclic) bond motifs is 1. The molecule has 1 aliphatic heterocycles. The van der Waals surface area contributed by atoms with Crippen molar-refractivity contribution in [3.8, 4) is 0 Å². The van der Waals surface area contributed by atoms with Crippen molar-refractivity contribution in [2.24, 2.45) is 5.92 Å². The summed E-state index contributed by atoms with van der Waals surface area (Å²) in [5, 5.41) is 7.06. The number of nitrogens with one attached hydrogen (secondary N) is 2. The van der Waals surface area contributed by atoms with Crippen molar-refractivity contribution in [2.45, 2.75) is 31.7 Å². The summed E-state index contributed by atoms with van der Waals surface area (Å²) in [7, 11) is 2.14. The molecule has 0 radical (unpaired) electrons. The summed E-state index contributed by atoms with van der Waals surface area (Å²) in [4.78, 5) is 12.0. The van der Waals surface area contributed by atoms with Crippen LogP contribution in [-0.4, -0.2) is 42.7 Å². The third kappa shape index (κ3) is 3.39. The van der Waals surface area contributed by atoms with Crippen molar-refractivity contribution in [1.29, 1.82) is 0 Å². The van der Waals surface area contributed by atoms with E-state index in [1.54, 1.807) is 0 Å². The lowest BCUT2D eigenvalue weighted by atomic mass is 9.99. The average Bonchev–Trinajstić information content (AvgIpc) is 3.39. The molecule has 1 atom stereocenters. The Morgan fingerprint density at radius 3 is 2.65 bits per heavy atom. The Bertz CT molecular complexity index is 676. The minimum absolute atomic E-state index is 0.578. The molecule has 0 bridgehead atoms. The average molecular weight is 311 g/mol. The number of benzene rings is 1. The number of rotatable bonds is 5. The van der Waals surface area contributed by atoms with E-state index < -0.39 is 0 Å². The van der Waals surface area contributed by atoms with E-state index in [2.05, 4.69) is 22.6 Å². The number of anilines is 2. The Balaban J connectivity index is 1.62. The molecule has 1 saturated carbocycles. The zero-order valence-electron chi connectivity index (χ0n) is 13.8. The molecule has 2 fully saturated rings. The van der Waals surface area contributed by atoms with E-state index in [1.165, 1.54) is 25.7 Å². The molecule has 5 heteroatoms. The number of nitrogens with zero attached hydrogens (tertiary/aromatic N) is 3. The minimum Gasteiger partial charge on any atom is -0.364 e. The fourth-order valence-corrected chi connectivity index (χ4v) is 3.33. The van der Waals surface area contributed by atoms with Gasteiger partial charge in [-0.25, -0.2) is 9.97 Å². The minimum atomic E-state index is 0.578. The molecule has 2 aliphatic rings. The number of piperidine rings is 1. The lowest BCUT2D eigenvalue weighted by molar-refractivity contribution is 0.380. The predicted octanol–water partition coefficient (Wildman–Crippen LogP) is 2.64. The third-order valence-electron chi connectivity index (χ3n) is 4.76. The maximum atomic E-state index is 4.90. The van der Waals surface area contributed by atoms with Crippen molar-refractivity contribution in [3.05, 3.63) is 24.3 Å². The molecule has 1 aromatic heterocycles. The van der Waals surface area contributed by atoms with Crippen LogP contribution in [0.15, 0.2) is 24.3 Å². The molecule has 5 nitrogen and oxygen atoms in total. The molecule has 1 aliphatic carbocycles. The van der Waals surface area contributed by atoms with Crippen LogP contribution >= 0.6 is 0 Å². The van der Waals surface area contributed by atoms with Crippen molar-refractivity contribution < 1.29 is 0 Å². The first-order chi connectivity index (χ1) is 11.3. The number of aromatic nitrogens is 2. The van der Waals surface area contributed by atoms with Crippen molar-refractivity contribution >= 4 is 22.7 Å². The van der Waals surface area contributed by atoms with Gasteiger partial charge < -0.3 is 15.5 Å². The van der Waals surface area contributed by atoms with Gasteiger partial charge in [-0.15, -0.1) is 0 Å². The zero-order chi connectivity index (χ0) is 15.6. The zero-order valence-corrected chi connectivity index (χ0v) is 13.8. The maximum Gasteiger partial charge on any atom is 0.172 e. The maximum absolute atomic E-state index is 4.90. The lowest BCUT2D eigenvalue weighted by Crippen LogP contribution is -2.37. The smallest absolute Gasteiger partial charge is 0.172 e. The molecule has 2 heterocycles. The molecular weight excluding hydrogens is 286 g/mol. The van der Waals surface area contributed by atoms with Gasteiger partial charge in [0.1, 0.15) is 0 Å². The Hall–Kier alpha value is -1.88. The van der Waals surface area contributed by atoms with Crippen molar-refractivity contribution in [3.63, 3.8) is 0 Å². The number of hydrogen-bond acceptors (Lipinski definition) is 5. The van der Waals surface area contributed by atoms with E-state index >= 15 is 0 Å². The van der Waals surface area contributed by atoms with Gasteiger partial charge in [-0.2, -0.15) is 0 Å². The molecule has 122 valence electrons. The quantitative estimate of drug-likeness (QED) is 0.889. The van der Waals surface area contributed by atoms with Gasteiger partial charge >= 0.3 is 0 Å². The van der Waals surface area contributed by atoms with Crippen molar-refractivity contribution in [2.75, 3.05) is 36.9 Å².